The second-order valence-corrected chi connectivity index (χ2v) is 7.61. The molecule has 1 atom stereocenters. The van der Waals surface area contributed by atoms with E-state index in [1.54, 1.807) is 18.2 Å². The van der Waals surface area contributed by atoms with E-state index in [2.05, 4.69) is 18.8 Å². The van der Waals surface area contributed by atoms with Gasteiger partial charge in [-0.1, -0.05) is 25.5 Å². The van der Waals surface area contributed by atoms with Gasteiger partial charge in [0, 0.05) is 11.9 Å². The van der Waals surface area contributed by atoms with Gasteiger partial charge >= 0.3 is 5.97 Å². The molecule has 1 heterocycles. The van der Waals surface area contributed by atoms with Gasteiger partial charge in [-0.2, -0.15) is 0 Å². The summed E-state index contributed by atoms with van der Waals surface area (Å²) >= 11 is 0. The first-order valence-corrected chi connectivity index (χ1v) is 10.2. The third-order valence-electron chi connectivity index (χ3n) is 5.61. The van der Waals surface area contributed by atoms with Crippen LogP contribution in [-0.2, 0) is 10.2 Å². The van der Waals surface area contributed by atoms with Crippen molar-refractivity contribution in [3.05, 3.63) is 82.7 Å². The van der Waals surface area contributed by atoms with Gasteiger partial charge in [0.1, 0.15) is 17.1 Å². The highest BCUT2D eigenvalue weighted by atomic mass is 16.5. The zero-order valence-electron chi connectivity index (χ0n) is 18.0. The largest absolute Gasteiger partial charge is 0.508 e. The number of phenolic OH excluding ortho intramolecular Hbond substituents is 1. The van der Waals surface area contributed by atoms with Gasteiger partial charge in [0.05, 0.1) is 19.1 Å². The van der Waals surface area contributed by atoms with Crippen LogP contribution in [0.3, 0.4) is 0 Å². The van der Waals surface area contributed by atoms with Crippen LogP contribution in [0.4, 0.5) is 0 Å². The molecule has 0 saturated heterocycles. The lowest BCUT2D eigenvalue weighted by atomic mass is 9.72. The number of unbranched alkanes of at least 4 members (excludes halogenated alkanes) is 1. The summed E-state index contributed by atoms with van der Waals surface area (Å²) in [5.41, 5.74) is 3.86. The first-order valence-electron chi connectivity index (χ1n) is 10.2. The number of phenols is 1. The Hall–Kier alpha value is -3.21. The molecule has 0 aliphatic rings. The molecule has 0 fully saturated rings. The number of rotatable bonds is 8. The molecule has 0 radical (unpaired) electrons. The van der Waals surface area contributed by atoms with E-state index >= 15 is 0 Å². The van der Waals surface area contributed by atoms with Crippen molar-refractivity contribution < 1.29 is 19.4 Å². The highest BCUT2D eigenvalue weighted by Gasteiger charge is 2.34. The molecule has 2 aromatic carbocycles. The summed E-state index contributed by atoms with van der Waals surface area (Å²) < 4.78 is 10.9. The predicted molar refractivity (Wildman–Crippen MR) is 117 cm³/mol. The Morgan fingerprint density at radius 3 is 2.60 bits per heavy atom. The van der Waals surface area contributed by atoms with Crippen LogP contribution in [0.1, 0.15) is 59.4 Å². The summed E-state index contributed by atoms with van der Waals surface area (Å²) in [4.78, 5) is 15.6. The molecule has 158 valence electrons. The molecule has 0 spiro atoms. The Morgan fingerprint density at radius 1 is 1.17 bits per heavy atom. The van der Waals surface area contributed by atoms with E-state index in [1.165, 1.54) is 7.11 Å². The second-order valence-electron chi connectivity index (χ2n) is 7.61. The molecule has 30 heavy (non-hydrogen) atoms. The molecule has 0 bridgehead atoms. The SMILES string of the molecule is CCCCOc1cc(C(C)(c2ccc[nH]2)c2ccc(O)cc2C)ccc1C(=O)OC. The summed E-state index contributed by atoms with van der Waals surface area (Å²) in [6, 6.07) is 15.0. The van der Waals surface area contributed by atoms with Gasteiger partial charge in [-0.3, -0.25) is 0 Å². The highest BCUT2D eigenvalue weighted by molar-refractivity contribution is 5.92. The maximum Gasteiger partial charge on any atom is 0.341 e. The number of aryl methyl sites for hydroxylation is 1. The van der Waals surface area contributed by atoms with Crippen molar-refractivity contribution in [3.8, 4) is 11.5 Å². The number of carbonyl (C=O) groups is 1. The smallest absolute Gasteiger partial charge is 0.341 e. The van der Waals surface area contributed by atoms with E-state index in [9.17, 15) is 9.90 Å². The van der Waals surface area contributed by atoms with Gasteiger partial charge in [-0.05, 0) is 73.4 Å². The number of aromatic hydroxyl groups is 1. The molecule has 2 N–H and O–H groups in total. The van der Waals surface area contributed by atoms with E-state index in [0.29, 0.717) is 17.9 Å². The third kappa shape index (κ3) is 4.06. The lowest BCUT2D eigenvalue weighted by Crippen LogP contribution is -2.27. The molecule has 1 aromatic heterocycles. The molecular formula is C25H29NO4. The van der Waals surface area contributed by atoms with Crippen molar-refractivity contribution in [2.24, 2.45) is 0 Å². The maximum atomic E-state index is 12.3. The number of methoxy groups -OCH3 is 1. The molecule has 3 aromatic rings. The number of hydrogen-bond acceptors (Lipinski definition) is 4. The molecule has 3 rings (SSSR count). The zero-order chi connectivity index (χ0) is 21.7. The Kier molecular flexibility index (Phi) is 6.50. The average Bonchev–Trinajstić information content (AvgIpc) is 3.28. The van der Waals surface area contributed by atoms with Crippen LogP contribution in [0, 0.1) is 6.92 Å². The van der Waals surface area contributed by atoms with Crippen LogP contribution in [0.15, 0.2) is 54.7 Å². The standard InChI is InChI=1S/C25H29NO4/c1-5-6-14-30-22-16-18(9-11-20(22)24(28)29-4)25(3,23-8-7-13-26-23)21-12-10-19(27)15-17(21)2/h7-13,15-16,26-27H,5-6,14H2,1-4H3. The van der Waals surface area contributed by atoms with Crippen LogP contribution in [0.5, 0.6) is 11.5 Å². The number of aromatic amines is 1. The minimum Gasteiger partial charge on any atom is -0.508 e. The fourth-order valence-corrected chi connectivity index (χ4v) is 3.86. The summed E-state index contributed by atoms with van der Waals surface area (Å²) in [6.07, 6.45) is 3.79. The second kappa shape index (κ2) is 9.08. The lowest BCUT2D eigenvalue weighted by Gasteiger charge is -2.32. The normalized spacial score (nSPS) is 12.9. The minimum atomic E-state index is -0.543. The van der Waals surface area contributed by atoms with Crippen LogP contribution in [0.25, 0.3) is 0 Å². The van der Waals surface area contributed by atoms with Gasteiger partial charge in [0.15, 0.2) is 0 Å². The van der Waals surface area contributed by atoms with Gasteiger partial charge < -0.3 is 19.6 Å². The molecule has 0 aliphatic carbocycles. The summed E-state index contributed by atoms with van der Waals surface area (Å²) in [7, 11) is 1.37. The predicted octanol–water partition coefficient (Wildman–Crippen LogP) is 5.35. The minimum absolute atomic E-state index is 0.231. The van der Waals surface area contributed by atoms with E-state index in [0.717, 1.165) is 35.2 Å². The topological polar surface area (TPSA) is 71.5 Å². The Morgan fingerprint density at radius 2 is 1.97 bits per heavy atom. The van der Waals surface area contributed by atoms with Crippen LogP contribution >= 0.6 is 0 Å². The summed E-state index contributed by atoms with van der Waals surface area (Å²) in [6.45, 7) is 6.73. The average molecular weight is 408 g/mol. The number of carbonyl (C=O) groups excluding carboxylic acids is 1. The first kappa shape index (κ1) is 21.5. The molecule has 0 amide bonds. The Bertz CT molecular complexity index is 1010. The van der Waals surface area contributed by atoms with E-state index in [-0.39, 0.29) is 5.75 Å². The van der Waals surface area contributed by atoms with Gasteiger partial charge in [-0.15, -0.1) is 0 Å². The van der Waals surface area contributed by atoms with Crippen molar-refractivity contribution in [3.63, 3.8) is 0 Å². The maximum absolute atomic E-state index is 12.3. The van der Waals surface area contributed by atoms with Gasteiger partial charge in [0.25, 0.3) is 0 Å². The van der Waals surface area contributed by atoms with Crippen LogP contribution < -0.4 is 4.74 Å². The molecular weight excluding hydrogens is 378 g/mol. The lowest BCUT2D eigenvalue weighted by molar-refractivity contribution is 0.0596. The van der Waals surface area contributed by atoms with E-state index < -0.39 is 11.4 Å². The van der Waals surface area contributed by atoms with Crippen molar-refractivity contribution in [1.82, 2.24) is 4.98 Å². The van der Waals surface area contributed by atoms with Crippen molar-refractivity contribution in [2.45, 2.75) is 39.0 Å². The van der Waals surface area contributed by atoms with Crippen LogP contribution in [0.2, 0.25) is 0 Å². The molecule has 1 unspecified atom stereocenters. The number of ether oxygens (including phenoxy) is 2. The molecule has 5 heteroatoms. The van der Waals surface area contributed by atoms with Crippen molar-refractivity contribution in [2.75, 3.05) is 13.7 Å². The highest BCUT2D eigenvalue weighted by Crippen LogP contribution is 2.42. The molecule has 5 nitrogen and oxygen atoms in total. The number of benzene rings is 2. The summed E-state index contributed by atoms with van der Waals surface area (Å²) in [5.74, 6) is 0.326. The fourth-order valence-electron chi connectivity index (χ4n) is 3.86. The summed E-state index contributed by atoms with van der Waals surface area (Å²) in [5, 5.41) is 9.91. The first-order chi connectivity index (χ1) is 14.4. The number of hydrogen-bond donors (Lipinski definition) is 2. The number of aromatic nitrogens is 1. The van der Waals surface area contributed by atoms with Crippen molar-refractivity contribution >= 4 is 5.97 Å². The van der Waals surface area contributed by atoms with Crippen LogP contribution in [-0.4, -0.2) is 29.8 Å². The van der Waals surface area contributed by atoms with Gasteiger partial charge in [-0.25, -0.2) is 4.79 Å². The molecule has 0 saturated carbocycles. The van der Waals surface area contributed by atoms with Crippen molar-refractivity contribution in [1.29, 1.82) is 0 Å². The van der Waals surface area contributed by atoms with Gasteiger partial charge in [0.2, 0.25) is 0 Å². The number of nitrogens with one attached hydrogen (secondary N) is 1. The van der Waals surface area contributed by atoms with E-state index in [4.69, 9.17) is 9.47 Å². The Balaban J connectivity index is 2.18. The Labute approximate surface area is 177 Å². The monoisotopic (exact) mass is 407 g/mol. The van der Waals surface area contributed by atoms with E-state index in [1.807, 2.05) is 43.5 Å². The third-order valence-corrected chi connectivity index (χ3v) is 5.61. The number of H-pyrrole nitrogens is 1. The molecule has 0 aliphatic heterocycles. The fraction of sp³-hybridized carbons (Fsp3) is 0.320. The number of esters is 1. The zero-order valence-corrected chi connectivity index (χ0v) is 18.0. The quantitative estimate of drug-likeness (QED) is 0.390.